The third kappa shape index (κ3) is 10.3. The number of H-pyrrole nitrogens is 1. The molecule has 0 aliphatic carbocycles. The van der Waals surface area contributed by atoms with Crippen LogP contribution in [0.15, 0.2) is 46.1 Å². The molecule has 2 aliphatic rings. The summed E-state index contributed by atoms with van der Waals surface area (Å²) in [6.45, 7) is 2.13. The minimum atomic E-state index is -1.78. The fourth-order valence-corrected chi connectivity index (χ4v) is 6.49. The first-order valence-corrected chi connectivity index (χ1v) is 17.4. The van der Waals surface area contributed by atoms with E-state index in [4.69, 9.17) is 25.7 Å². The second-order valence-electron chi connectivity index (χ2n) is 13.2. The SMILES string of the molecule is CCCCCCCc1ccc(NC(=O)CCCN(C)[C@H](C(N)=O)[C@H](OC2O[C@H](CN)[C@@H](O)[C@H]2O)[C@H]2O[C@@H](n3ccc(=O)[nH]c3=O)C(O)[C@H]2O)cc1. The second-order valence-corrected chi connectivity index (χ2v) is 13.2. The van der Waals surface area contributed by atoms with Gasteiger partial charge in [0, 0.05) is 30.9 Å². The Morgan fingerprint density at radius 1 is 0.980 bits per heavy atom. The van der Waals surface area contributed by atoms with Crippen molar-refractivity contribution in [3.8, 4) is 0 Å². The maximum absolute atomic E-state index is 13.0. The number of hydrogen-bond acceptors (Lipinski definition) is 13. The van der Waals surface area contributed by atoms with Gasteiger partial charge >= 0.3 is 5.69 Å². The van der Waals surface area contributed by atoms with Gasteiger partial charge in [-0.25, -0.2) is 4.79 Å². The standard InChI is InChI=1S/C34H52N6O11/c1-3-4-5-6-7-9-19-11-13-20(14-12-19)37-22(41)10-8-16-39(2)24(31(36)47)29(51-33-28(46)25(43)21(18-35)49-33)30-26(44)27(45)32(50-30)40-17-15-23(42)38-34(40)48/h11-15,17,21,24-30,32-33,43-46H,3-10,16,18,35H2,1-2H3,(H2,36,47)(H,37,41)(H,38,42,48)/t21-,24+,25-,26-,27?,28-,29+,30+,32-,33?/m1/s1. The molecule has 1 aromatic heterocycles. The third-order valence-corrected chi connectivity index (χ3v) is 9.37. The Bertz CT molecular complexity index is 1540. The fraction of sp³-hybridized carbons (Fsp3) is 0.647. The summed E-state index contributed by atoms with van der Waals surface area (Å²) in [7, 11) is 1.52. The van der Waals surface area contributed by atoms with Crippen molar-refractivity contribution in [2.24, 2.45) is 11.5 Å². The zero-order chi connectivity index (χ0) is 37.2. The molecule has 2 unspecified atom stereocenters. The lowest BCUT2D eigenvalue weighted by atomic mass is 9.97. The van der Waals surface area contributed by atoms with Gasteiger partial charge in [-0.1, -0.05) is 44.7 Å². The molecule has 3 heterocycles. The van der Waals surface area contributed by atoms with E-state index in [0.29, 0.717) is 5.69 Å². The number of rotatable bonds is 19. The summed E-state index contributed by atoms with van der Waals surface area (Å²) in [5.41, 5.74) is 11.7. The van der Waals surface area contributed by atoms with Gasteiger partial charge in [0.15, 0.2) is 12.5 Å². The maximum Gasteiger partial charge on any atom is 0.330 e. The number of nitrogens with one attached hydrogen (secondary N) is 2. The van der Waals surface area contributed by atoms with E-state index in [2.05, 4.69) is 12.2 Å². The Hall–Kier alpha value is -3.52. The van der Waals surface area contributed by atoms with Crippen LogP contribution in [-0.2, 0) is 30.2 Å². The average Bonchev–Trinajstić information content (AvgIpc) is 3.53. The molecule has 1 aromatic carbocycles. The molecule has 2 aliphatic heterocycles. The fourth-order valence-electron chi connectivity index (χ4n) is 6.49. The largest absolute Gasteiger partial charge is 0.387 e. The van der Waals surface area contributed by atoms with Gasteiger partial charge in [0.1, 0.15) is 48.8 Å². The number of aryl methyl sites for hydroxylation is 1. The number of nitrogens with zero attached hydrogens (tertiary/aromatic N) is 2. The Kier molecular flexibility index (Phi) is 14.9. The molecule has 17 nitrogen and oxygen atoms in total. The number of carbonyl (C=O) groups is 2. The molecule has 4 rings (SSSR count). The molecular formula is C34H52N6O11. The molecule has 2 amide bonds. The summed E-state index contributed by atoms with van der Waals surface area (Å²) in [6, 6.07) is 7.31. The van der Waals surface area contributed by atoms with E-state index in [1.165, 1.54) is 43.2 Å². The zero-order valence-corrected chi connectivity index (χ0v) is 29.0. The van der Waals surface area contributed by atoms with E-state index in [9.17, 15) is 39.6 Å². The number of anilines is 1. The van der Waals surface area contributed by atoms with Crippen molar-refractivity contribution in [1.29, 1.82) is 0 Å². The van der Waals surface area contributed by atoms with E-state index in [1.807, 2.05) is 29.2 Å². The molecule has 2 saturated heterocycles. The van der Waals surface area contributed by atoms with Crippen molar-refractivity contribution in [3.05, 3.63) is 62.9 Å². The lowest BCUT2D eigenvalue weighted by molar-refractivity contribution is -0.232. The number of amides is 2. The molecule has 0 spiro atoms. The normalized spacial score (nSPS) is 27.5. The van der Waals surface area contributed by atoms with Crippen LogP contribution in [0.2, 0.25) is 0 Å². The summed E-state index contributed by atoms with van der Waals surface area (Å²) in [4.78, 5) is 53.5. The first-order chi connectivity index (χ1) is 24.4. The van der Waals surface area contributed by atoms with Gasteiger partial charge in [-0.05, 0) is 50.6 Å². The van der Waals surface area contributed by atoms with Crippen molar-refractivity contribution in [3.63, 3.8) is 0 Å². The van der Waals surface area contributed by atoms with E-state index in [-0.39, 0.29) is 31.8 Å². The minimum Gasteiger partial charge on any atom is -0.387 e. The van der Waals surface area contributed by atoms with Crippen LogP contribution >= 0.6 is 0 Å². The first-order valence-electron chi connectivity index (χ1n) is 17.4. The second kappa shape index (κ2) is 18.8. The first kappa shape index (κ1) is 40.3. The topological polar surface area (TPSA) is 265 Å². The third-order valence-electron chi connectivity index (χ3n) is 9.37. The molecule has 284 valence electrons. The molecule has 0 saturated carbocycles. The van der Waals surface area contributed by atoms with E-state index in [0.717, 1.165) is 29.7 Å². The summed E-state index contributed by atoms with van der Waals surface area (Å²) < 4.78 is 18.4. The number of aliphatic hydroxyl groups excluding tert-OH is 4. The van der Waals surface area contributed by atoms with E-state index < -0.39 is 78.4 Å². The van der Waals surface area contributed by atoms with Crippen molar-refractivity contribution < 1.29 is 44.2 Å². The van der Waals surface area contributed by atoms with E-state index in [1.54, 1.807) is 0 Å². The average molecular weight is 721 g/mol. The molecule has 10 atom stereocenters. The van der Waals surface area contributed by atoms with Crippen molar-refractivity contribution in [2.75, 3.05) is 25.5 Å². The molecule has 10 N–H and O–H groups in total. The quantitative estimate of drug-likeness (QED) is 0.0783. The molecule has 0 radical (unpaired) electrons. The summed E-state index contributed by atoms with van der Waals surface area (Å²) >= 11 is 0. The highest BCUT2D eigenvalue weighted by molar-refractivity contribution is 5.90. The molecule has 17 heteroatoms. The van der Waals surface area contributed by atoms with Crippen molar-refractivity contribution in [2.45, 2.75) is 120 Å². The minimum absolute atomic E-state index is 0.0772. The number of nitrogens with two attached hydrogens (primary N) is 2. The Morgan fingerprint density at radius 3 is 2.31 bits per heavy atom. The highest BCUT2D eigenvalue weighted by Crippen LogP contribution is 2.35. The van der Waals surface area contributed by atoms with Gasteiger partial charge in [0.2, 0.25) is 11.8 Å². The molecule has 2 fully saturated rings. The Balaban J connectivity index is 1.44. The number of likely N-dealkylation sites (N-methyl/N-ethyl adjacent to an activating group) is 1. The van der Waals surface area contributed by atoms with E-state index >= 15 is 0 Å². The molecular weight excluding hydrogens is 668 g/mol. The predicted molar refractivity (Wildman–Crippen MR) is 184 cm³/mol. The van der Waals surface area contributed by atoms with Crippen LogP contribution in [-0.4, -0.2) is 122 Å². The highest BCUT2D eigenvalue weighted by atomic mass is 16.7. The lowest BCUT2D eigenvalue weighted by Crippen LogP contribution is -2.59. The van der Waals surface area contributed by atoms with Crippen LogP contribution in [0.4, 0.5) is 5.69 Å². The number of carbonyl (C=O) groups excluding carboxylic acids is 2. The van der Waals surface area contributed by atoms with Gasteiger partial charge in [-0.15, -0.1) is 0 Å². The highest BCUT2D eigenvalue weighted by Gasteiger charge is 2.54. The number of ether oxygens (including phenoxy) is 3. The number of benzene rings is 1. The zero-order valence-electron chi connectivity index (χ0n) is 29.0. The summed E-state index contributed by atoms with van der Waals surface area (Å²) in [6.07, 6.45) is -5.47. The predicted octanol–water partition coefficient (Wildman–Crippen LogP) is -1.34. The van der Waals surface area contributed by atoms with Crippen LogP contribution in [0.3, 0.4) is 0 Å². The lowest BCUT2D eigenvalue weighted by Gasteiger charge is -2.37. The number of aliphatic hydroxyl groups is 4. The van der Waals surface area contributed by atoms with Crippen LogP contribution < -0.4 is 28.0 Å². The summed E-state index contributed by atoms with van der Waals surface area (Å²) in [5, 5.41) is 46.0. The Morgan fingerprint density at radius 2 is 1.69 bits per heavy atom. The van der Waals surface area contributed by atoms with Crippen LogP contribution in [0, 0.1) is 0 Å². The monoisotopic (exact) mass is 720 g/mol. The molecule has 51 heavy (non-hydrogen) atoms. The van der Waals surface area contributed by atoms with Crippen LogP contribution in [0.5, 0.6) is 0 Å². The number of aromatic amines is 1. The maximum atomic E-state index is 13.0. The number of hydrogen-bond donors (Lipinski definition) is 8. The van der Waals surface area contributed by atoms with Gasteiger partial charge in [0.05, 0.1) is 0 Å². The van der Waals surface area contributed by atoms with Gasteiger partial charge in [-0.3, -0.25) is 28.8 Å². The number of unbranched alkanes of at least 4 members (excludes halogenated alkanes) is 4. The smallest absolute Gasteiger partial charge is 0.330 e. The Labute approximate surface area is 295 Å². The summed E-state index contributed by atoms with van der Waals surface area (Å²) in [5.74, 6) is -1.20. The van der Waals surface area contributed by atoms with Crippen molar-refractivity contribution in [1.82, 2.24) is 14.5 Å². The van der Waals surface area contributed by atoms with Crippen LogP contribution in [0.1, 0.15) is 63.7 Å². The molecule has 2 aromatic rings. The van der Waals surface area contributed by atoms with Gasteiger partial charge in [-0.2, -0.15) is 0 Å². The van der Waals surface area contributed by atoms with Crippen molar-refractivity contribution >= 4 is 17.5 Å². The van der Waals surface area contributed by atoms with Crippen LogP contribution in [0.25, 0.3) is 0 Å². The number of primary amides is 1. The van der Waals surface area contributed by atoms with Gasteiger partial charge < -0.3 is 51.4 Å². The number of aromatic nitrogens is 2. The molecule has 0 bridgehead atoms. The van der Waals surface area contributed by atoms with Gasteiger partial charge in [0.25, 0.3) is 5.56 Å².